The number of piperidine rings is 1. The molecule has 162 valence electrons. The first-order valence-corrected chi connectivity index (χ1v) is 11.3. The van der Waals surface area contributed by atoms with Gasteiger partial charge in [-0.2, -0.15) is 0 Å². The summed E-state index contributed by atoms with van der Waals surface area (Å²) in [6, 6.07) is 7.97. The number of H-pyrrole nitrogens is 1. The van der Waals surface area contributed by atoms with Crippen LogP contribution in [-0.4, -0.2) is 41.8 Å². The van der Waals surface area contributed by atoms with E-state index < -0.39 is 0 Å². The summed E-state index contributed by atoms with van der Waals surface area (Å²) in [5, 5.41) is 0. The highest BCUT2D eigenvalue weighted by molar-refractivity contribution is 5.96. The minimum atomic E-state index is 0.906. The van der Waals surface area contributed by atoms with Crippen molar-refractivity contribution in [2.45, 2.75) is 66.2 Å². The summed E-state index contributed by atoms with van der Waals surface area (Å²) >= 11 is 0. The summed E-state index contributed by atoms with van der Waals surface area (Å²) in [5.41, 5.74) is 2.54. The summed E-state index contributed by atoms with van der Waals surface area (Å²) < 4.78 is 4.98. The molecule has 1 saturated heterocycles. The quantitative estimate of drug-likeness (QED) is 0.654. The van der Waals surface area contributed by atoms with E-state index in [4.69, 9.17) is 4.42 Å². The van der Waals surface area contributed by atoms with Gasteiger partial charge in [-0.15, -0.1) is 0 Å². The van der Waals surface area contributed by atoms with Gasteiger partial charge in [0.25, 0.3) is 0 Å². The number of rotatable bonds is 4. The van der Waals surface area contributed by atoms with Crippen molar-refractivity contribution < 1.29 is 4.42 Å². The Morgan fingerprint density at radius 1 is 0.966 bits per heavy atom. The van der Waals surface area contributed by atoms with E-state index in [1.54, 1.807) is 6.26 Å². The Morgan fingerprint density at radius 2 is 1.76 bits per heavy atom. The molecule has 4 nitrogen and oxygen atoms in total. The van der Waals surface area contributed by atoms with Crippen LogP contribution in [0.25, 0.3) is 0 Å². The van der Waals surface area contributed by atoms with Gasteiger partial charge in [-0.1, -0.05) is 40.2 Å². The fourth-order valence-corrected chi connectivity index (χ4v) is 3.02. The Bertz CT molecular complexity index is 601. The van der Waals surface area contributed by atoms with Crippen molar-refractivity contribution in [3.63, 3.8) is 0 Å². The molecule has 2 aromatic heterocycles. The molecule has 1 N–H and O–H groups in total. The second-order valence-corrected chi connectivity index (χ2v) is 7.06. The molecule has 0 amide bonds. The number of allylic oxidation sites excluding steroid dienone is 1. The number of aromatic nitrogens is 1. The molecule has 0 spiro atoms. The zero-order chi connectivity index (χ0) is 21.2. The van der Waals surface area contributed by atoms with E-state index in [-0.39, 0.29) is 0 Å². The van der Waals surface area contributed by atoms with Crippen molar-refractivity contribution in [1.82, 2.24) is 9.88 Å². The van der Waals surface area contributed by atoms with Crippen molar-refractivity contribution >= 4 is 5.71 Å². The minimum Gasteiger partial charge on any atom is -0.469 e. The van der Waals surface area contributed by atoms with Gasteiger partial charge >= 0.3 is 0 Å². The molecule has 0 radical (unpaired) electrons. The van der Waals surface area contributed by atoms with Gasteiger partial charge in [0, 0.05) is 24.0 Å². The molecule has 0 bridgehead atoms. The number of likely N-dealkylation sites (tertiary alicyclic amines) is 1. The fourth-order valence-electron chi connectivity index (χ4n) is 3.02. The topological polar surface area (TPSA) is 44.5 Å². The van der Waals surface area contributed by atoms with E-state index >= 15 is 0 Å². The van der Waals surface area contributed by atoms with Gasteiger partial charge in [-0.05, 0) is 75.7 Å². The van der Waals surface area contributed by atoms with Gasteiger partial charge in [-0.3, -0.25) is 4.99 Å². The number of aryl methyl sites for hydroxylation is 2. The molecule has 0 aliphatic carbocycles. The molecule has 2 aromatic rings. The van der Waals surface area contributed by atoms with Crippen molar-refractivity contribution in [1.29, 1.82) is 0 Å². The first-order chi connectivity index (χ1) is 14.2. The number of aliphatic imine (C=N–C) groups is 1. The van der Waals surface area contributed by atoms with E-state index in [1.807, 2.05) is 24.4 Å². The molecule has 0 unspecified atom stereocenters. The third-order valence-corrected chi connectivity index (χ3v) is 4.94. The van der Waals surface area contributed by atoms with Gasteiger partial charge in [0.1, 0.15) is 5.76 Å². The number of nitrogens with one attached hydrogen (secondary N) is 1. The van der Waals surface area contributed by atoms with Crippen molar-refractivity contribution in [3.05, 3.63) is 60.3 Å². The van der Waals surface area contributed by atoms with Crippen molar-refractivity contribution in [2.75, 3.05) is 26.2 Å². The standard InChI is InChI=1S/C7H15N.2C6H9N.C6H8O/c1-2-8-6-4-3-5-7-8;3*1-2-6-4-3-5-7-6/h2-7H2,1H3;3-4H,2,5H2,1H3;3-5,7H,2H2,1H3;3-5H,2H2,1H3. The van der Waals surface area contributed by atoms with E-state index in [2.05, 4.69) is 60.8 Å². The van der Waals surface area contributed by atoms with Crippen LogP contribution in [0.5, 0.6) is 0 Å². The number of hydrogen-bond acceptors (Lipinski definition) is 3. The Labute approximate surface area is 178 Å². The third-order valence-electron chi connectivity index (χ3n) is 4.94. The lowest BCUT2D eigenvalue weighted by atomic mass is 10.1. The first kappa shape index (κ1) is 25.0. The molecule has 0 saturated carbocycles. The van der Waals surface area contributed by atoms with E-state index in [9.17, 15) is 0 Å². The average molecular weight is 400 g/mol. The highest BCUT2D eigenvalue weighted by Gasteiger charge is 2.05. The predicted octanol–water partition coefficient (Wildman–Crippen LogP) is 6.32. The van der Waals surface area contributed by atoms with Crippen LogP contribution in [0, 0.1) is 0 Å². The van der Waals surface area contributed by atoms with Gasteiger partial charge in [0.2, 0.25) is 0 Å². The molecular formula is C25H41N3O. The normalized spacial score (nSPS) is 15.2. The molecule has 4 heteroatoms. The van der Waals surface area contributed by atoms with Crippen LogP contribution < -0.4 is 0 Å². The molecular weight excluding hydrogens is 358 g/mol. The second kappa shape index (κ2) is 16.8. The van der Waals surface area contributed by atoms with Gasteiger partial charge < -0.3 is 14.3 Å². The number of nitrogens with zero attached hydrogens (tertiary/aromatic N) is 2. The smallest absolute Gasteiger partial charge is 0.103 e. The predicted molar refractivity (Wildman–Crippen MR) is 126 cm³/mol. The fraction of sp³-hybridized carbons (Fsp3) is 0.560. The van der Waals surface area contributed by atoms with Gasteiger partial charge in [-0.25, -0.2) is 0 Å². The van der Waals surface area contributed by atoms with E-state index in [0.29, 0.717) is 0 Å². The Morgan fingerprint density at radius 3 is 2.07 bits per heavy atom. The van der Waals surface area contributed by atoms with Crippen LogP contribution in [0.3, 0.4) is 0 Å². The van der Waals surface area contributed by atoms with Crippen LogP contribution in [0.2, 0.25) is 0 Å². The Kier molecular flexibility index (Phi) is 14.5. The molecule has 29 heavy (non-hydrogen) atoms. The second-order valence-electron chi connectivity index (χ2n) is 7.06. The van der Waals surface area contributed by atoms with Crippen LogP contribution in [-0.2, 0) is 12.8 Å². The summed E-state index contributed by atoms with van der Waals surface area (Å²) in [4.78, 5) is 9.76. The van der Waals surface area contributed by atoms with Gasteiger partial charge in [0.05, 0.1) is 12.8 Å². The maximum Gasteiger partial charge on any atom is 0.103 e. The highest BCUT2D eigenvalue weighted by Crippen LogP contribution is 2.06. The lowest BCUT2D eigenvalue weighted by Gasteiger charge is -2.24. The lowest BCUT2D eigenvalue weighted by Crippen LogP contribution is -2.29. The molecule has 0 atom stereocenters. The molecule has 0 aromatic carbocycles. The summed E-state index contributed by atoms with van der Waals surface area (Å²) in [5.74, 6) is 1.06. The molecule has 4 heterocycles. The molecule has 4 rings (SSSR count). The summed E-state index contributed by atoms with van der Waals surface area (Å²) in [6.07, 6.45) is 15.3. The Hall–Kier alpha value is -2.07. The van der Waals surface area contributed by atoms with Crippen LogP contribution in [0.4, 0.5) is 0 Å². The van der Waals surface area contributed by atoms with Crippen LogP contribution in [0.15, 0.2) is 58.3 Å². The van der Waals surface area contributed by atoms with Crippen LogP contribution in [0.1, 0.15) is 64.8 Å². The third kappa shape index (κ3) is 12.2. The van der Waals surface area contributed by atoms with Crippen molar-refractivity contribution in [3.8, 4) is 0 Å². The monoisotopic (exact) mass is 399 g/mol. The van der Waals surface area contributed by atoms with E-state index in [0.717, 1.165) is 31.6 Å². The maximum absolute atomic E-state index is 4.98. The minimum absolute atomic E-state index is 0.906. The number of furan rings is 1. The molecule has 2 aliphatic rings. The number of hydrogen-bond donors (Lipinski definition) is 1. The lowest BCUT2D eigenvalue weighted by molar-refractivity contribution is 0.240. The van der Waals surface area contributed by atoms with Crippen molar-refractivity contribution in [2.24, 2.45) is 4.99 Å². The highest BCUT2D eigenvalue weighted by atomic mass is 16.3. The number of aromatic amines is 1. The zero-order valence-corrected chi connectivity index (χ0v) is 19.0. The average Bonchev–Trinajstić information content (AvgIpc) is 3.58. The summed E-state index contributed by atoms with van der Waals surface area (Å²) in [6.45, 7) is 13.4. The summed E-state index contributed by atoms with van der Waals surface area (Å²) in [7, 11) is 0. The van der Waals surface area contributed by atoms with Crippen LogP contribution >= 0.6 is 0 Å². The SMILES string of the molecule is CCC1=NCC=C1.CCN1CCCCC1.CCc1ccc[nH]1.CCc1ccco1. The maximum atomic E-state index is 4.98. The molecule has 2 aliphatic heterocycles. The Balaban J connectivity index is 0.000000194. The van der Waals surface area contributed by atoms with E-state index in [1.165, 1.54) is 50.3 Å². The zero-order valence-electron chi connectivity index (χ0n) is 19.0. The van der Waals surface area contributed by atoms with Gasteiger partial charge in [0.15, 0.2) is 0 Å². The first-order valence-electron chi connectivity index (χ1n) is 11.3. The largest absolute Gasteiger partial charge is 0.469 e. The molecule has 1 fully saturated rings.